The van der Waals surface area contributed by atoms with E-state index >= 15 is 0 Å². The summed E-state index contributed by atoms with van der Waals surface area (Å²) in [5, 5.41) is 2.90. The quantitative estimate of drug-likeness (QED) is 0.785. The van der Waals surface area contributed by atoms with Gasteiger partial charge in [0.1, 0.15) is 0 Å². The van der Waals surface area contributed by atoms with Gasteiger partial charge in [0, 0.05) is 19.3 Å². The Morgan fingerprint density at radius 3 is 2.88 bits per heavy atom. The maximum Gasteiger partial charge on any atom is 0.322 e. The number of amides is 2. The van der Waals surface area contributed by atoms with Gasteiger partial charge in [0.25, 0.3) is 0 Å². The monoisotopic (exact) mass is 223 g/mol. The number of allylic oxidation sites excluding steroid dienone is 2. The first-order valence-electron chi connectivity index (χ1n) is 5.58. The van der Waals surface area contributed by atoms with Crippen LogP contribution >= 0.6 is 0 Å². The molecule has 0 aromatic carbocycles. The van der Waals surface area contributed by atoms with E-state index < -0.39 is 0 Å². The van der Waals surface area contributed by atoms with E-state index in [0.717, 1.165) is 6.54 Å². The lowest BCUT2D eigenvalue weighted by Gasteiger charge is -2.29. The van der Waals surface area contributed by atoms with Crippen molar-refractivity contribution in [3.05, 3.63) is 23.9 Å². The highest BCUT2D eigenvalue weighted by atomic mass is 16.2. The number of carbonyl (C=O) groups excluding carboxylic acids is 1. The van der Waals surface area contributed by atoms with E-state index in [2.05, 4.69) is 5.32 Å². The van der Waals surface area contributed by atoms with Crippen molar-refractivity contribution in [1.82, 2.24) is 15.1 Å². The minimum atomic E-state index is -0.0296. The lowest BCUT2D eigenvalue weighted by atomic mass is 10.1. The van der Waals surface area contributed by atoms with Gasteiger partial charge in [0.05, 0.1) is 6.04 Å². The zero-order chi connectivity index (χ0) is 12.1. The van der Waals surface area contributed by atoms with Gasteiger partial charge in [-0.25, -0.2) is 4.79 Å². The molecule has 0 aliphatic carbocycles. The molecule has 1 N–H and O–H groups in total. The fourth-order valence-corrected chi connectivity index (χ4v) is 1.50. The third kappa shape index (κ3) is 3.38. The molecule has 0 spiro atoms. The van der Waals surface area contributed by atoms with Crippen molar-refractivity contribution < 1.29 is 4.79 Å². The van der Waals surface area contributed by atoms with Crippen LogP contribution in [-0.4, -0.2) is 49.1 Å². The molecule has 0 fully saturated rings. The summed E-state index contributed by atoms with van der Waals surface area (Å²) >= 11 is 0. The molecule has 0 saturated heterocycles. The van der Waals surface area contributed by atoms with Gasteiger partial charge in [-0.1, -0.05) is 11.6 Å². The second-order valence-electron chi connectivity index (χ2n) is 4.37. The molecule has 4 nitrogen and oxygen atoms in total. The van der Waals surface area contributed by atoms with Crippen LogP contribution in [0.4, 0.5) is 4.79 Å². The van der Waals surface area contributed by atoms with Crippen LogP contribution in [0.25, 0.3) is 0 Å². The summed E-state index contributed by atoms with van der Waals surface area (Å²) in [5.41, 5.74) is 1.20. The molecule has 1 aliphatic rings. The number of nitrogens with zero attached hydrogens (tertiary/aromatic N) is 2. The van der Waals surface area contributed by atoms with Gasteiger partial charge >= 0.3 is 6.03 Å². The first-order valence-corrected chi connectivity index (χ1v) is 5.58. The molecule has 1 rings (SSSR count). The van der Waals surface area contributed by atoms with Gasteiger partial charge < -0.3 is 10.2 Å². The number of urea groups is 1. The molecular formula is C12H21N3O. The summed E-state index contributed by atoms with van der Waals surface area (Å²) < 4.78 is 0. The van der Waals surface area contributed by atoms with Crippen molar-refractivity contribution in [2.24, 2.45) is 0 Å². The number of rotatable bonds is 3. The molecule has 1 aliphatic heterocycles. The van der Waals surface area contributed by atoms with Crippen LogP contribution in [0, 0.1) is 0 Å². The van der Waals surface area contributed by atoms with Crippen LogP contribution in [0.1, 0.15) is 13.8 Å². The highest BCUT2D eigenvalue weighted by Gasteiger charge is 2.20. The standard InChI is InChI=1S/C12H21N3O/c1-10-6-5-8-15(11(10)2)12(16)13-7-9-14(3)4/h5-6,8,11H,7,9H2,1-4H3,(H,13,16). The van der Waals surface area contributed by atoms with E-state index in [0.29, 0.717) is 6.54 Å². The summed E-state index contributed by atoms with van der Waals surface area (Å²) in [5.74, 6) is 0. The molecule has 90 valence electrons. The van der Waals surface area contributed by atoms with E-state index in [1.165, 1.54) is 5.57 Å². The molecule has 0 saturated carbocycles. The van der Waals surface area contributed by atoms with Crippen molar-refractivity contribution in [1.29, 1.82) is 0 Å². The fourth-order valence-electron chi connectivity index (χ4n) is 1.50. The first kappa shape index (κ1) is 12.8. The van der Waals surface area contributed by atoms with Crippen LogP contribution < -0.4 is 5.32 Å². The third-order valence-electron chi connectivity index (χ3n) is 2.75. The molecule has 4 heteroatoms. The summed E-state index contributed by atoms with van der Waals surface area (Å²) in [7, 11) is 3.98. The lowest BCUT2D eigenvalue weighted by Crippen LogP contribution is -2.44. The van der Waals surface area contributed by atoms with Crippen molar-refractivity contribution in [2.75, 3.05) is 27.2 Å². The zero-order valence-corrected chi connectivity index (χ0v) is 10.5. The van der Waals surface area contributed by atoms with Gasteiger partial charge in [-0.2, -0.15) is 0 Å². The smallest absolute Gasteiger partial charge is 0.322 e. The van der Waals surface area contributed by atoms with E-state index in [4.69, 9.17) is 0 Å². The van der Waals surface area contributed by atoms with E-state index in [1.807, 2.05) is 51.2 Å². The topological polar surface area (TPSA) is 35.6 Å². The van der Waals surface area contributed by atoms with Crippen molar-refractivity contribution in [3.8, 4) is 0 Å². The highest BCUT2D eigenvalue weighted by Crippen LogP contribution is 2.15. The predicted molar refractivity (Wildman–Crippen MR) is 66.2 cm³/mol. The molecule has 1 unspecified atom stereocenters. The molecule has 0 bridgehead atoms. The Morgan fingerprint density at radius 2 is 2.25 bits per heavy atom. The number of hydrogen-bond donors (Lipinski definition) is 1. The number of hydrogen-bond acceptors (Lipinski definition) is 2. The first-order chi connectivity index (χ1) is 7.52. The van der Waals surface area contributed by atoms with Gasteiger partial charge in [-0.05, 0) is 34.0 Å². The van der Waals surface area contributed by atoms with Crippen LogP contribution in [-0.2, 0) is 0 Å². The Morgan fingerprint density at radius 1 is 1.56 bits per heavy atom. The second-order valence-corrected chi connectivity index (χ2v) is 4.37. The molecule has 0 aromatic heterocycles. The van der Waals surface area contributed by atoms with E-state index in [1.54, 1.807) is 4.90 Å². The van der Waals surface area contributed by atoms with Crippen molar-refractivity contribution in [3.63, 3.8) is 0 Å². The number of nitrogens with one attached hydrogen (secondary N) is 1. The van der Waals surface area contributed by atoms with Gasteiger partial charge in [-0.15, -0.1) is 0 Å². The molecule has 2 amide bonds. The highest BCUT2D eigenvalue weighted by molar-refractivity contribution is 5.76. The van der Waals surface area contributed by atoms with Gasteiger partial charge in [0.15, 0.2) is 0 Å². The Kier molecular flexibility index (Phi) is 4.55. The van der Waals surface area contributed by atoms with Crippen LogP contribution in [0.5, 0.6) is 0 Å². The van der Waals surface area contributed by atoms with Gasteiger partial charge in [-0.3, -0.25) is 4.90 Å². The van der Waals surface area contributed by atoms with Crippen molar-refractivity contribution in [2.45, 2.75) is 19.9 Å². The second kappa shape index (κ2) is 5.70. The molecular weight excluding hydrogens is 202 g/mol. The van der Waals surface area contributed by atoms with E-state index in [-0.39, 0.29) is 12.1 Å². The number of likely N-dealkylation sites (N-methyl/N-ethyl adjacent to an activating group) is 1. The summed E-state index contributed by atoms with van der Waals surface area (Å²) in [6.07, 6.45) is 5.76. The van der Waals surface area contributed by atoms with Gasteiger partial charge in [0.2, 0.25) is 0 Å². The average molecular weight is 223 g/mol. The SMILES string of the molecule is CC1=CC=CN(C(=O)NCCN(C)C)C1C. The maximum atomic E-state index is 11.9. The molecule has 0 aromatic rings. The fraction of sp³-hybridized carbons (Fsp3) is 0.583. The zero-order valence-electron chi connectivity index (χ0n) is 10.5. The predicted octanol–water partition coefficient (Wildman–Crippen LogP) is 1.42. The Balaban J connectivity index is 2.43. The minimum absolute atomic E-state index is 0.0296. The minimum Gasteiger partial charge on any atom is -0.336 e. The largest absolute Gasteiger partial charge is 0.336 e. The maximum absolute atomic E-state index is 11.9. The Bertz CT molecular complexity index is 307. The summed E-state index contributed by atoms with van der Waals surface area (Å²) in [6.45, 7) is 5.59. The summed E-state index contributed by atoms with van der Waals surface area (Å²) in [4.78, 5) is 15.6. The normalized spacial score (nSPS) is 19.9. The molecule has 16 heavy (non-hydrogen) atoms. The average Bonchev–Trinajstić information content (AvgIpc) is 2.21. The summed E-state index contributed by atoms with van der Waals surface area (Å²) in [6, 6.07) is 0.113. The van der Waals surface area contributed by atoms with Crippen LogP contribution in [0.15, 0.2) is 23.9 Å². The Labute approximate surface area is 97.6 Å². The molecule has 1 atom stereocenters. The number of carbonyl (C=O) groups is 1. The van der Waals surface area contributed by atoms with Crippen LogP contribution in [0.3, 0.4) is 0 Å². The molecule has 0 radical (unpaired) electrons. The van der Waals surface area contributed by atoms with Crippen LogP contribution in [0.2, 0.25) is 0 Å². The lowest BCUT2D eigenvalue weighted by molar-refractivity contribution is 0.206. The third-order valence-corrected chi connectivity index (χ3v) is 2.75. The Hall–Kier alpha value is -1.29. The molecule has 1 heterocycles. The van der Waals surface area contributed by atoms with E-state index in [9.17, 15) is 4.79 Å². The van der Waals surface area contributed by atoms with Crippen molar-refractivity contribution >= 4 is 6.03 Å².